The minimum atomic E-state index is -0.190. The molecule has 1 N–H and O–H groups in total. The number of nitrogens with one attached hydrogen (secondary N) is 1. The molecule has 1 saturated heterocycles. The number of benzene rings is 2. The maximum atomic E-state index is 14.2. The summed E-state index contributed by atoms with van der Waals surface area (Å²) in [7, 11) is 0. The molecule has 0 aliphatic carbocycles. The molecule has 1 fully saturated rings. The van der Waals surface area contributed by atoms with Crippen molar-refractivity contribution in [1.82, 2.24) is 14.8 Å². The number of aryl methyl sites for hydroxylation is 1. The first kappa shape index (κ1) is 23.5. The Balaban J connectivity index is 1.31. The largest absolute Gasteiger partial charge is 0.356 e. The highest BCUT2D eigenvalue weighted by atomic mass is 19.1. The molecular weight excluding hydrogens is 413 g/mol. The Morgan fingerprint density at radius 2 is 1.76 bits per heavy atom. The minimum Gasteiger partial charge on any atom is -0.356 e. The fourth-order valence-corrected chi connectivity index (χ4v) is 5.20. The van der Waals surface area contributed by atoms with E-state index < -0.39 is 0 Å². The number of nitrogens with zero attached hydrogens (tertiary/aromatic N) is 2. The summed E-state index contributed by atoms with van der Waals surface area (Å²) < 4.78 is 16.3. The molecule has 1 amide bonds. The summed E-state index contributed by atoms with van der Waals surface area (Å²) >= 11 is 0. The van der Waals surface area contributed by atoms with Gasteiger partial charge in [-0.1, -0.05) is 42.8 Å². The number of para-hydroxylation sites is 1. The molecular formula is C28H36FN3O. The van der Waals surface area contributed by atoms with Crippen molar-refractivity contribution in [1.29, 1.82) is 0 Å². The van der Waals surface area contributed by atoms with E-state index in [1.54, 1.807) is 6.07 Å². The number of hydrogen-bond donors (Lipinski definition) is 1. The lowest BCUT2D eigenvalue weighted by Gasteiger charge is -2.39. The van der Waals surface area contributed by atoms with Crippen molar-refractivity contribution in [3.8, 4) is 0 Å². The van der Waals surface area contributed by atoms with Crippen molar-refractivity contribution in [2.24, 2.45) is 0 Å². The average Bonchev–Trinajstić information content (AvgIpc) is 3.16. The molecule has 1 aliphatic heterocycles. The normalized spacial score (nSPS) is 19.1. The first-order chi connectivity index (χ1) is 16.0. The van der Waals surface area contributed by atoms with Gasteiger partial charge in [0, 0.05) is 54.3 Å². The predicted molar refractivity (Wildman–Crippen MR) is 133 cm³/mol. The molecule has 33 heavy (non-hydrogen) atoms. The van der Waals surface area contributed by atoms with Gasteiger partial charge < -0.3 is 9.88 Å². The molecule has 2 heterocycles. The van der Waals surface area contributed by atoms with Crippen LogP contribution in [0.5, 0.6) is 0 Å². The van der Waals surface area contributed by atoms with Crippen LogP contribution in [-0.2, 0) is 17.8 Å². The first-order valence-electron chi connectivity index (χ1n) is 12.4. The number of amides is 1. The van der Waals surface area contributed by atoms with E-state index in [-0.39, 0.29) is 11.7 Å². The second kappa shape index (κ2) is 11.0. The summed E-state index contributed by atoms with van der Waals surface area (Å²) in [5, 5.41) is 4.24. The Morgan fingerprint density at radius 3 is 2.55 bits per heavy atom. The van der Waals surface area contributed by atoms with Crippen molar-refractivity contribution in [2.75, 3.05) is 13.1 Å². The third kappa shape index (κ3) is 5.83. The Kier molecular flexibility index (Phi) is 7.81. The highest BCUT2D eigenvalue weighted by Crippen LogP contribution is 2.24. The van der Waals surface area contributed by atoms with E-state index in [0.717, 1.165) is 36.0 Å². The van der Waals surface area contributed by atoms with Crippen LogP contribution in [0.3, 0.4) is 0 Å². The van der Waals surface area contributed by atoms with Crippen molar-refractivity contribution < 1.29 is 9.18 Å². The molecule has 0 bridgehead atoms. The van der Waals surface area contributed by atoms with Crippen LogP contribution in [0.1, 0.15) is 57.1 Å². The highest BCUT2D eigenvalue weighted by Gasteiger charge is 2.23. The number of hydrogen-bond acceptors (Lipinski definition) is 2. The lowest BCUT2D eigenvalue weighted by molar-refractivity contribution is -0.121. The summed E-state index contributed by atoms with van der Waals surface area (Å²) in [6.07, 6.45) is 8.08. The number of carbonyl (C=O) groups is 1. The summed E-state index contributed by atoms with van der Waals surface area (Å²) in [5.74, 6) is -0.0924. The third-order valence-electron chi connectivity index (χ3n) is 7.08. The number of rotatable bonds is 9. The van der Waals surface area contributed by atoms with E-state index >= 15 is 0 Å². The van der Waals surface area contributed by atoms with E-state index in [9.17, 15) is 9.18 Å². The molecule has 1 aliphatic rings. The first-order valence-corrected chi connectivity index (χ1v) is 12.4. The van der Waals surface area contributed by atoms with Crippen molar-refractivity contribution in [3.05, 3.63) is 71.7 Å². The van der Waals surface area contributed by atoms with E-state index in [2.05, 4.69) is 47.0 Å². The molecule has 4 nitrogen and oxygen atoms in total. The van der Waals surface area contributed by atoms with Gasteiger partial charge in [-0.3, -0.25) is 9.69 Å². The van der Waals surface area contributed by atoms with Crippen LogP contribution in [0, 0.1) is 5.82 Å². The van der Waals surface area contributed by atoms with Crippen LogP contribution in [0.15, 0.2) is 54.7 Å². The predicted octanol–water partition coefficient (Wildman–Crippen LogP) is 5.53. The zero-order valence-electron chi connectivity index (χ0n) is 19.9. The summed E-state index contributed by atoms with van der Waals surface area (Å²) in [6, 6.07) is 16.3. The zero-order valence-corrected chi connectivity index (χ0v) is 19.9. The molecule has 0 radical (unpaired) electrons. The molecule has 4 rings (SSSR count). The summed E-state index contributed by atoms with van der Waals surface area (Å²) in [5.41, 5.74) is 2.87. The molecule has 3 aromatic rings. The van der Waals surface area contributed by atoms with Crippen molar-refractivity contribution in [2.45, 2.75) is 71.0 Å². The standard InChI is InChI=1S/C28H36FN3O/c1-21-9-7-10-22(2)32(21)18-8-17-30-28(33)16-15-23-19-31(27-14-6-4-12-25(23)27)20-24-11-3-5-13-26(24)29/h3-6,11-14,19,21-22H,7-10,15-18,20H2,1-2H3,(H,30,33)/t21-,22+. The SMILES string of the molecule is C[C@@H]1CCC[C@H](C)N1CCCNC(=O)CCc1cn(Cc2ccccc2F)c2ccccc12. The van der Waals surface area contributed by atoms with Gasteiger partial charge in [0.25, 0.3) is 0 Å². The molecule has 0 saturated carbocycles. The fourth-order valence-electron chi connectivity index (χ4n) is 5.20. The molecule has 0 unspecified atom stereocenters. The van der Waals surface area contributed by atoms with Crippen molar-refractivity contribution >= 4 is 16.8 Å². The van der Waals surface area contributed by atoms with Gasteiger partial charge in [-0.2, -0.15) is 0 Å². The van der Waals surface area contributed by atoms with Crippen molar-refractivity contribution in [3.63, 3.8) is 0 Å². The topological polar surface area (TPSA) is 37.3 Å². The smallest absolute Gasteiger partial charge is 0.220 e. The number of halogens is 1. The monoisotopic (exact) mass is 449 g/mol. The number of aromatic nitrogens is 1. The molecule has 176 valence electrons. The van der Waals surface area contributed by atoms with Crippen LogP contribution in [-0.4, -0.2) is 40.5 Å². The van der Waals surface area contributed by atoms with Gasteiger partial charge in [-0.05, 0) is 57.2 Å². The molecule has 2 aromatic carbocycles. The Morgan fingerprint density at radius 1 is 1.03 bits per heavy atom. The van der Waals surface area contributed by atoms with Crippen LogP contribution in [0.2, 0.25) is 0 Å². The quantitative estimate of drug-likeness (QED) is 0.436. The number of piperidine rings is 1. The summed E-state index contributed by atoms with van der Waals surface area (Å²) in [6.45, 7) is 6.89. The van der Waals surface area contributed by atoms with Gasteiger partial charge in [0.05, 0.1) is 6.54 Å². The molecule has 1 aromatic heterocycles. The summed E-state index contributed by atoms with van der Waals surface area (Å²) in [4.78, 5) is 15.1. The van der Waals surface area contributed by atoms with Crippen LogP contribution in [0.4, 0.5) is 4.39 Å². The van der Waals surface area contributed by atoms with E-state index in [4.69, 9.17) is 0 Å². The third-order valence-corrected chi connectivity index (χ3v) is 7.08. The van der Waals surface area contributed by atoms with Gasteiger partial charge in [-0.25, -0.2) is 4.39 Å². The van der Waals surface area contributed by atoms with E-state index in [1.165, 1.54) is 25.3 Å². The van der Waals surface area contributed by atoms with E-state index in [1.807, 2.05) is 24.3 Å². The number of carbonyl (C=O) groups excluding carboxylic acids is 1. The molecule has 0 spiro atoms. The maximum Gasteiger partial charge on any atom is 0.220 e. The number of likely N-dealkylation sites (tertiary alicyclic amines) is 1. The lowest BCUT2D eigenvalue weighted by atomic mass is 9.97. The second-order valence-electron chi connectivity index (χ2n) is 9.46. The van der Waals surface area contributed by atoms with Gasteiger partial charge in [0.1, 0.15) is 5.82 Å². The highest BCUT2D eigenvalue weighted by molar-refractivity contribution is 5.85. The molecule has 5 heteroatoms. The molecule has 2 atom stereocenters. The fraction of sp³-hybridized carbons (Fsp3) is 0.464. The Labute approximate surface area is 196 Å². The van der Waals surface area contributed by atoms with Gasteiger partial charge >= 0.3 is 0 Å². The zero-order chi connectivity index (χ0) is 23.2. The van der Waals surface area contributed by atoms with Crippen LogP contribution >= 0.6 is 0 Å². The minimum absolute atomic E-state index is 0.0978. The Bertz CT molecular complexity index is 1070. The van der Waals surface area contributed by atoms with E-state index in [0.29, 0.717) is 37.0 Å². The number of fused-ring (bicyclic) bond motifs is 1. The average molecular weight is 450 g/mol. The van der Waals surface area contributed by atoms with Crippen LogP contribution < -0.4 is 5.32 Å². The van der Waals surface area contributed by atoms with Gasteiger partial charge in [0.2, 0.25) is 5.91 Å². The van der Waals surface area contributed by atoms with Gasteiger partial charge in [-0.15, -0.1) is 0 Å². The Hall–Kier alpha value is -2.66. The lowest BCUT2D eigenvalue weighted by Crippen LogP contribution is -2.44. The van der Waals surface area contributed by atoms with Crippen LogP contribution in [0.25, 0.3) is 10.9 Å². The van der Waals surface area contributed by atoms with Gasteiger partial charge in [0.15, 0.2) is 0 Å². The maximum absolute atomic E-state index is 14.2. The second-order valence-corrected chi connectivity index (χ2v) is 9.46.